The van der Waals surface area contributed by atoms with Crippen molar-refractivity contribution < 1.29 is 13.5 Å². The fraction of sp³-hybridized carbons (Fsp3) is 0.417. The smallest absolute Gasteiger partial charge is 0.240 e. The molecule has 104 valence electrons. The van der Waals surface area contributed by atoms with E-state index in [0.29, 0.717) is 0 Å². The van der Waals surface area contributed by atoms with E-state index in [0.717, 1.165) is 0 Å². The summed E-state index contributed by atoms with van der Waals surface area (Å²) in [6.07, 6.45) is 0. The highest BCUT2D eigenvalue weighted by Gasteiger charge is 2.22. The molecule has 0 aromatic heterocycles. The number of nitrogens with zero attached hydrogens (tertiary/aromatic N) is 1. The van der Waals surface area contributed by atoms with Crippen LogP contribution in [-0.4, -0.2) is 26.2 Å². The van der Waals surface area contributed by atoms with Gasteiger partial charge in [-0.2, -0.15) is 5.26 Å². The van der Waals surface area contributed by atoms with E-state index in [2.05, 4.69) is 4.72 Å². The lowest BCUT2D eigenvalue weighted by Gasteiger charge is -2.19. The Bertz CT molecular complexity index is 593. The Balaban J connectivity index is 3.08. The van der Waals surface area contributed by atoms with Crippen molar-refractivity contribution in [2.75, 3.05) is 6.61 Å². The highest BCUT2D eigenvalue weighted by molar-refractivity contribution is 7.89. The minimum Gasteiger partial charge on any atom is -0.395 e. The molecule has 2 N–H and O–H groups in total. The second-order valence-corrected chi connectivity index (χ2v) is 6.53. The van der Waals surface area contributed by atoms with Crippen molar-refractivity contribution in [3.05, 3.63) is 28.8 Å². The fourth-order valence-corrected chi connectivity index (χ4v) is 3.09. The number of sulfonamides is 1. The van der Waals surface area contributed by atoms with Crippen LogP contribution in [0.5, 0.6) is 0 Å². The molecule has 0 aliphatic carbocycles. The number of hydrogen-bond donors (Lipinski definition) is 2. The molecule has 0 bridgehead atoms. The molecule has 1 unspecified atom stereocenters. The zero-order valence-corrected chi connectivity index (χ0v) is 12.2. The van der Waals surface area contributed by atoms with Crippen LogP contribution in [0.3, 0.4) is 0 Å². The van der Waals surface area contributed by atoms with Crippen LogP contribution in [0.4, 0.5) is 0 Å². The Kier molecular flexibility index (Phi) is 5.32. The largest absolute Gasteiger partial charge is 0.395 e. The van der Waals surface area contributed by atoms with E-state index in [4.69, 9.17) is 22.0 Å². The number of benzene rings is 1. The van der Waals surface area contributed by atoms with Crippen molar-refractivity contribution in [1.82, 2.24) is 4.72 Å². The highest BCUT2D eigenvalue weighted by atomic mass is 35.5. The van der Waals surface area contributed by atoms with Gasteiger partial charge in [0.05, 0.1) is 22.1 Å². The summed E-state index contributed by atoms with van der Waals surface area (Å²) in [5, 5.41) is 18.0. The fourth-order valence-electron chi connectivity index (χ4n) is 1.41. The summed E-state index contributed by atoms with van der Waals surface area (Å²) in [5.74, 6) is -0.0476. The molecule has 0 saturated heterocycles. The minimum absolute atomic E-state index is 0.0319. The predicted molar refractivity (Wildman–Crippen MR) is 72.2 cm³/mol. The van der Waals surface area contributed by atoms with Crippen molar-refractivity contribution >= 4 is 21.6 Å². The summed E-state index contributed by atoms with van der Waals surface area (Å²) in [5.41, 5.74) is 0.211. The van der Waals surface area contributed by atoms with Crippen molar-refractivity contribution in [3.63, 3.8) is 0 Å². The first-order valence-electron chi connectivity index (χ1n) is 5.64. The molecule has 0 aliphatic heterocycles. The van der Waals surface area contributed by atoms with E-state index >= 15 is 0 Å². The maximum atomic E-state index is 12.1. The molecule has 1 rings (SSSR count). The number of aliphatic hydroxyl groups excluding tert-OH is 1. The average Bonchev–Trinajstić information content (AvgIpc) is 2.35. The third kappa shape index (κ3) is 3.91. The van der Waals surface area contributed by atoms with Crippen LogP contribution < -0.4 is 4.72 Å². The van der Waals surface area contributed by atoms with Gasteiger partial charge in [-0.15, -0.1) is 0 Å². The van der Waals surface area contributed by atoms with Crippen molar-refractivity contribution in [2.45, 2.75) is 24.8 Å². The van der Waals surface area contributed by atoms with E-state index < -0.39 is 16.1 Å². The van der Waals surface area contributed by atoms with Gasteiger partial charge in [0.15, 0.2) is 0 Å². The first-order valence-corrected chi connectivity index (χ1v) is 7.50. The van der Waals surface area contributed by atoms with E-state index in [-0.39, 0.29) is 28.0 Å². The third-order valence-corrected chi connectivity index (χ3v) is 4.48. The van der Waals surface area contributed by atoms with Crippen LogP contribution in [0, 0.1) is 17.2 Å². The normalized spacial score (nSPS) is 13.3. The Labute approximate surface area is 117 Å². The summed E-state index contributed by atoms with van der Waals surface area (Å²) in [6.45, 7) is 3.31. The zero-order chi connectivity index (χ0) is 14.6. The van der Waals surface area contributed by atoms with Gasteiger partial charge in [0.25, 0.3) is 0 Å². The van der Waals surface area contributed by atoms with Crippen LogP contribution in [0.15, 0.2) is 23.1 Å². The molecule has 0 saturated carbocycles. The van der Waals surface area contributed by atoms with E-state index in [9.17, 15) is 8.42 Å². The number of nitrogens with one attached hydrogen (secondary N) is 1. The van der Waals surface area contributed by atoms with Crippen molar-refractivity contribution in [1.29, 1.82) is 5.26 Å². The summed E-state index contributed by atoms with van der Waals surface area (Å²) in [6, 6.07) is 5.16. The zero-order valence-electron chi connectivity index (χ0n) is 10.6. The maximum Gasteiger partial charge on any atom is 0.240 e. The van der Waals surface area contributed by atoms with Crippen LogP contribution in [0.1, 0.15) is 19.4 Å². The van der Waals surface area contributed by atoms with Crippen LogP contribution in [-0.2, 0) is 10.0 Å². The predicted octanol–water partition coefficient (Wildman–Crippen LogP) is 1.51. The van der Waals surface area contributed by atoms with Gasteiger partial charge in [-0.1, -0.05) is 25.4 Å². The molecule has 0 fully saturated rings. The van der Waals surface area contributed by atoms with Crippen molar-refractivity contribution in [3.8, 4) is 6.07 Å². The molecule has 1 aromatic carbocycles. The molecule has 0 amide bonds. The number of aliphatic hydroxyl groups is 1. The molecule has 1 atom stereocenters. The first kappa shape index (κ1) is 15.9. The summed E-state index contributed by atoms with van der Waals surface area (Å²) < 4.78 is 26.6. The quantitative estimate of drug-likeness (QED) is 0.862. The molecule has 0 heterocycles. The second-order valence-electron chi connectivity index (χ2n) is 4.41. The molecule has 19 heavy (non-hydrogen) atoms. The molecule has 0 aliphatic rings. The lowest BCUT2D eigenvalue weighted by molar-refractivity contribution is 0.227. The summed E-state index contributed by atoms with van der Waals surface area (Å²) >= 11 is 5.80. The third-order valence-electron chi connectivity index (χ3n) is 2.68. The van der Waals surface area contributed by atoms with Crippen LogP contribution in [0.2, 0.25) is 5.02 Å². The molecule has 0 spiro atoms. The molecular weight excluding hydrogens is 288 g/mol. The van der Waals surface area contributed by atoms with Gasteiger partial charge in [-0.05, 0) is 24.1 Å². The molecule has 1 aromatic rings. The Hall–Kier alpha value is -1.13. The standard InChI is InChI=1S/C12H15ClN2O3S/c1-8(2)12(7-16)15-19(17,18)10-4-3-9(6-14)11(13)5-10/h3-5,8,12,15-16H,7H2,1-2H3. The Morgan fingerprint density at radius 3 is 2.53 bits per heavy atom. The van der Waals surface area contributed by atoms with Gasteiger partial charge in [-0.3, -0.25) is 0 Å². The Morgan fingerprint density at radius 1 is 1.47 bits per heavy atom. The molecule has 7 heteroatoms. The van der Waals surface area contributed by atoms with E-state index in [1.165, 1.54) is 18.2 Å². The number of rotatable bonds is 5. The Morgan fingerprint density at radius 2 is 2.11 bits per heavy atom. The van der Waals surface area contributed by atoms with Crippen molar-refractivity contribution in [2.24, 2.45) is 5.92 Å². The first-order chi connectivity index (χ1) is 8.81. The summed E-state index contributed by atoms with van der Waals surface area (Å²) in [7, 11) is -3.77. The van der Waals surface area contributed by atoms with Gasteiger partial charge >= 0.3 is 0 Å². The van der Waals surface area contributed by atoms with Gasteiger partial charge < -0.3 is 5.11 Å². The maximum absolute atomic E-state index is 12.1. The van der Waals surface area contributed by atoms with Gasteiger partial charge in [0.2, 0.25) is 10.0 Å². The molecular formula is C12H15ClN2O3S. The molecule has 0 radical (unpaired) electrons. The van der Waals surface area contributed by atoms with Gasteiger partial charge in [-0.25, -0.2) is 13.1 Å². The highest BCUT2D eigenvalue weighted by Crippen LogP contribution is 2.20. The minimum atomic E-state index is -3.77. The van der Waals surface area contributed by atoms with E-state index in [1.54, 1.807) is 13.8 Å². The van der Waals surface area contributed by atoms with Crippen LogP contribution >= 0.6 is 11.6 Å². The average molecular weight is 303 g/mol. The lowest BCUT2D eigenvalue weighted by Crippen LogP contribution is -2.41. The summed E-state index contributed by atoms with van der Waals surface area (Å²) in [4.78, 5) is -0.0319. The number of halogens is 1. The second kappa shape index (κ2) is 6.35. The monoisotopic (exact) mass is 302 g/mol. The number of hydrogen-bond acceptors (Lipinski definition) is 4. The topological polar surface area (TPSA) is 90.2 Å². The number of nitriles is 1. The van der Waals surface area contributed by atoms with Gasteiger partial charge in [0, 0.05) is 6.04 Å². The SMILES string of the molecule is CC(C)C(CO)NS(=O)(=O)c1ccc(C#N)c(Cl)c1. The molecule has 5 nitrogen and oxygen atoms in total. The van der Waals surface area contributed by atoms with E-state index in [1.807, 2.05) is 6.07 Å². The van der Waals surface area contributed by atoms with Gasteiger partial charge in [0.1, 0.15) is 6.07 Å². The lowest BCUT2D eigenvalue weighted by atomic mass is 10.1. The van der Waals surface area contributed by atoms with Crippen LogP contribution in [0.25, 0.3) is 0 Å².